The van der Waals surface area contributed by atoms with E-state index in [0.717, 1.165) is 71.6 Å². The average molecular weight is 519 g/mol. The van der Waals surface area contributed by atoms with Crippen molar-refractivity contribution in [1.82, 2.24) is 30.2 Å². The van der Waals surface area contributed by atoms with Crippen LogP contribution in [0.3, 0.4) is 0 Å². The van der Waals surface area contributed by atoms with Crippen LogP contribution in [-0.2, 0) is 19.3 Å². The number of aromatic nitrogens is 5. The fourth-order valence-corrected chi connectivity index (χ4v) is 4.82. The van der Waals surface area contributed by atoms with Crippen LogP contribution in [0.15, 0.2) is 43.3 Å². The Hall–Kier alpha value is -3.60. The van der Waals surface area contributed by atoms with Crippen LogP contribution in [0, 0.1) is 5.92 Å². The molecule has 0 saturated carbocycles. The number of anilines is 2. The molecule has 202 valence electrons. The lowest BCUT2D eigenvalue weighted by Crippen LogP contribution is -2.35. The molecule has 0 aromatic carbocycles. The first-order valence-electron chi connectivity index (χ1n) is 13.2. The van der Waals surface area contributed by atoms with Gasteiger partial charge in [0.2, 0.25) is 0 Å². The Bertz CT molecular complexity index is 1250. The van der Waals surface area contributed by atoms with Gasteiger partial charge in [-0.2, -0.15) is 0 Å². The molecule has 3 heterocycles. The molecule has 10 heteroatoms. The fraction of sp³-hybridized carbons (Fsp3) is 0.429. The summed E-state index contributed by atoms with van der Waals surface area (Å²) in [6.07, 6.45) is 16.4. The molecule has 2 aliphatic carbocycles. The molecular weight excluding hydrogens is 480 g/mol. The minimum Gasteiger partial charge on any atom is -0.398 e. The van der Waals surface area contributed by atoms with Gasteiger partial charge in [0.15, 0.2) is 0 Å². The average Bonchev–Trinajstić information content (AvgIpc) is 3.69. The highest BCUT2D eigenvalue weighted by atomic mass is 16.3. The van der Waals surface area contributed by atoms with Crippen LogP contribution in [0.1, 0.15) is 54.4 Å². The molecule has 0 bridgehead atoms. The van der Waals surface area contributed by atoms with Crippen molar-refractivity contribution in [3.05, 3.63) is 71.5 Å². The molecule has 0 fully saturated rings. The second kappa shape index (κ2) is 13.3. The van der Waals surface area contributed by atoms with Crippen LogP contribution in [-0.4, -0.2) is 60.9 Å². The van der Waals surface area contributed by atoms with E-state index in [9.17, 15) is 10.2 Å². The standard InChI is InChI=1S/C15H19N5O.C13H19N3O/c16-14-3-4-18-15-10(1-2-13(14)15)6-19-12(8-21)5-11-7-17-9-20-11;1-2-9(7-17)3-4-10-5-6-11-12(10)15-8-16-13(11)14/h1,3-4,7,9,12,19,21H,2,5-6,8H2,(H2,16,18)(H,17,20);5,8-9,17H,2-4,6-7H2,1H3,(H2,14,15,16)/t12-;9-/m01/s1. The van der Waals surface area contributed by atoms with E-state index in [1.807, 2.05) is 6.07 Å². The Morgan fingerprint density at radius 1 is 1.03 bits per heavy atom. The predicted molar refractivity (Wildman–Crippen MR) is 150 cm³/mol. The number of hydrogen-bond acceptors (Lipinski definition) is 9. The number of aliphatic hydroxyl groups excluding tert-OH is 2. The van der Waals surface area contributed by atoms with Gasteiger partial charge in [0.25, 0.3) is 0 Å². The lowest BCUT2D eigenvalue weighted by Gasteiger charge is -2.16. The van der Waals surface area contributed by atoms with Crippen molar-refractivity contribution in [3.8, 4) is 0 Å². The number of pyridine rings is 1. The highest BCUT2D eigenvalue weighted by Gasteiger charge is 2.20. The zero-order valence-electron chi connectivity index (χ0n) is 21.9. The van der Waals surface area contributed by atoms with Crippen LogP contribution < -0.4 is 16.8 Å². The highest BCUT2D eigenvalue weighted by molar-refractivity contribution is 5.75. The quantitative estimate of drug-likeness (QED) is 0.223. The Labute approximate surface area is 223 Å². The molecule has 38 heavy (non-hydrogen) atoms. The van der Waals surface area contributed by atoms with Gasteiger partial charge in [0.1, 0.15) is 12.1 Å². The Morgan fingerprint density at radius 2 is 1.82 bits per heavy atom. The lowest BCUT2D eigenvalue weighted by molar-refractivity contribution is 0.216. The third-order valence-electron chi connectivity index (χ3n) is 7.26. The van der Waals surface area contributed by atoms with E-state index in [1.165, 1.54) is 11.9 Å². The topological polar surface area (TPSA) is 172 Å². The number of nitrogen functional groups attached to an aromatic ring is 2. The third kappa shape index (κ3) is 6.63. The van der Waals surface area contributed by atoms with Crippen molar-refractivity contribution in [2.75, 3.05) is 31.2 Å². The molecule has 3 aromatic rings. The highest BCUT2D eigenvalue weighted by Crippen LogP contribution is 2.32. The summed E-state index contributed by atoms with van der Waals surface area (Å²) in [4.78, 5) is 19.8. The number of aliphatic hydroxyl groups is 2. The summed E-state index contributed by atoms with van der Waals surface area (Å²) in [7, 11) is 0. The lowest BCUT2D eigenvalue weighted by atomic mass is 9.97. The number of fused-ring (bicyclic) bond motifs is 2. The van der Waals surface area contributed by atoms with Gasteiger partial charge in [-0.25, -0.2) is 15.0 Å². The molecule has 0 aliphatic heterocycles. The van der Waals surface area contributed by atoms with Crippen LogP contribution >= 0.6 is 0 Å². The first-order chi connectivity index (χ1) is 18.5. The number of nitrogens with two attached hydrogens (primary N) is 2. The minimum atomic E-state index is -0.0172. The second-order valence-electron chi connectivity index (χ2n) is 9.72. The van der Waals surface area contributed by atoms with Crippen molar-refractivity contribution < 1.29 is 10.2 Å². The minimum absolute atomic E-state index is 0.0172. The zero-order chi connectivity index (χ0) is 26.9. The van der Waals surface area contributed by atoms with Gasteiger partial charge in [-0.05, 0) is 48.8 Å². The maximum atomic E-state index is 9.49. The third-order valence-corrected chi connectivity index (χ3v) is 7.26. The van der Waals surface area contributed by atoms with Gasteiger partial charge in [-0.1, -0.05) is 25.5 Å². The number of imidazole rings is 1. The van der Waals surface area contributed by atoms with Gasteiger partial charge in [0.05, 0.1) is 24.3 Å². The summed E-state index contributed by atoms with van der Waals surface area (Å²) in [5.74, 6) is 0.981. The predicted octanol–water partition coefficient (Wildman–Crippen LogP) is 2.32. The summed E-state index contributed by atoms with van der Waals surface area (Å²) < 4.78 is 0. The number of nitrogens with one attached hydrogen (secondary N) is 2. The fourth-order valence-electron chi connectivity index (χ4n) is 4.82. The van der Waals surface area contributed by atoms with E-state index >= 15 is 0 Å². The van der Waals surface area contributed by atoms with E-state index in [0.29, 0.717) is 24.7 Å². The van der Waals surface area contributed by atoms with Crippen molar-refractivity contribution in [2.24, 2.45) is 5.92 Å². The molecule has 0 unspecified atom stereocenters. The van der Waals surface area contributed by atoms with Gasteiger partial charge >= 0.3 is 0 Å². The molecule has 0 radical (unpaired) electrons. The van der Waals surface area contributed by atoms with E-state index in [2.05, 4.69) is 49.3 Å². The number of H-pyrrole nitrogens is 1. The molecule has 2 atom stereocenters. The largest absolute Gasteiger partial charge is 0.398 e. The summed E-state index contributed by atoms with van der Waals surface area (Å²) in [5.41, 5.74) is 20.1. The molecule has 0 saturated heterocycles. The van der Waals surface area contributed by atoms with Gasteiger partial charge < -0.3 is 32.0 Å². The monoisotopic (exact) mass is 518 g/mol. The van der Waals surface area contributed by atoms with Gasteiger partial charge in [-0.15, -0.1) is 0 Å². The summed E-state index contributed by atoms with van der Waals surface area (Å²) in [6, 6.07) is 1.81. The normalized spacial score (nSPS) is 15.1. The molecule has 8 N–H and O–H groups in total. The van der Waals surface area contributed by atoms with Gasteiger partial charge in [0, 0.05) is 60.5 Å². The van der Waals surface area contributed by atoms with Crippen LogP contribution in [0.5, 0.6) is 0 Å². The van der Waals surface area contributed by atoms with Crippen molar-refractivity contribution in [3.63, 3.8) is 0 Å². The molecule has 3 aromatic heterocycles. The van der Waals surface area contributed by atoms with E-state index in [1.54, 1.807) is 18.7 Å². The Morgan fingerprint density at radius 3 is 2.55 bits per heavy atom. The van der Waals surface area contributed by atoms with Crippen LogP contribution in [0.4, 0.5) is 11.5 Å². The maximum Gasteiger partial charge on any atom is 0.130 e. The first kappa shape index (κ1) is 27.4. The van der Waals surface area contributed by atoms with Crippen molar-refractivity contribution >= 4 is 22.7 Å². The summed E-state index contributed by atoms with van der Waals surface area (Å²) >= 11 is 0. The molecule has 2 aliphatic rings. The molecule has 5 rings (SSSR count). The smallest absolute Gasteiger partial charge is 0.130 e. The first-order valence-corrected chi connectivity index (χ1v) is 13.2. The Balaban J connectivity index is 0.000000181. The van der Waals surface area contributed by atoms with Crippen molar-refractivity contribution in [2.45, 2.75) is 51.5 Å². The Kier molecular flexibility index (Phi) is 9.58. The molecule has 0 amide bonds. The summed E-state index contributed by atoms with van der Waals surface area (Å²) in [6.45, 7) is 3.12. The van der Waals surface area contributed by atoms with Gasteiger partial charge in [-0.3, -0.25) is 4.98 Å². The number of rotatable bonds is 11. The molecule has 10 nitrogen and oxygen atoms in total. The van der Waals surface area contributed by atoms with E-state index in [-0.39, 0.29) is 19.3 Å². The van der Waals surface area contributed by atoms with Crippen molar-refractivity contribution in [1.29, 1.82) is 0 Å². The number of nitrogens with zero attached hydrogens (tertiary/aromatic N) is 4. The summed E-state index contributed by atoms with van der Waals surface area (Å²) in [5, 5.41) is 22.0. The number of allylic oxidation sites excluding steroid dienone is 3. The molecular formula is C28H38N8O2. The second-order valence-corrected chi connectivity index (χ2v) is 9.72. The maximum absolute atomic E-state index is 9.49. The molecule has 0 spiro atoms. The SMILES string of the molecule is CC[C@@H](CO)CCC1=CCc2c(N)ncnc21.Nc1ccnc2c1CC=C2CN[C@H](CO)Cc1cnc[nH]1. The van der Waals surface area contributed by atoms with E-state index in [4.69, 9.17) is 11.5 Å². The number of aromatic amines is 1. The van der Waals surface area contributed by atoms with E-state index < -0.39 is 0 Å². The van der Waals surface area contributed by atoms with Crippen LogP contribution in [0.25, 0.3) is 11.1 Å². The number of hydrogen-bond donors (Lipinski definition) is 6. The van der Waals surface area contributed by atoms with Crippen LogP contribution in [0.2, 0.25) is 0 Å². The zero-order valence-corrected chi connectivity index (χ0v) is 21.9.